The van der Waals surface area contributed by atoms with E-state index in [9.17, 15) is 21.6 Å². The number of nitrogens with one attached hydrogen (secondary N) is 1. The molecule has 0 saturated carbocycles. The van der Waals surface area contributed by atoms with Crippen LogP contribution in [0.5, 0.6) is 0 Å². The van der Waals surface area contributed by atoms with E-state index in [1.54, 1.807) is 0 Å². The van der Waals surface area contributed by atoms with Crippen molar-refractivity contribution in [2.75, 3.05) is 26.7 Å². The van der Waals surface area contributed by atoms with Gasteiger partial charge in [0.15, 0.2) is 0 Å². The highest BCUT2D eigenvalue weighted by Gasteiger charge is 2.35. The van der Waals surface area contributed by atoms with Crippen LogP contribution in [0.25, 0.3) is 0 Å². The zero-order chi connectivity index (χ0) is 15.4. The lowest BCUT2D eigenvalue weighted by Crippen LogP contribution is -2.35. The second-order valence-corrected chi connectivity index (χ2v) is 6.21. The van der Waals surface area contributed by atoms with E-state index in [0.717, 1.165) is 19.8 Å². The van der Waals surface area contributed by atoms with Gasteiger partial charge < -0.3 is 5.32 Å². The fourth-order valence-corrected chi connectivity index (χ4v) is 2.60. The van der Waals surface area contributed by atoms with Crippen molar-refractivity contribution in [2.24, 2.45) is 0 Å². The Kier molecular flexibility index (Phi) is 5.54. The fraction of sp³-hybridized carbons (Fsp3) is 0.700. The van der Waals surface area contributed by atoms with Gasteiger partial charge in [-0.1, -0.05) is 6.92 Å². The molecule has 0 aromatic carbocycles. The molecule has 0 bridgehead atoms. The van der Waals surface area contributed by atoms with Crippen LogP contribution in [0.15, 0.2) is 17.3 Å². The van der Waals surface area contributed by atoms with Crippen LogP contribution in [-0.2, 0) is 16.6 Å². The molecule has 20 heavy (non-hydrogen) atoms. The van der Waals surface area contributed by atoms with Crippen molar-refractivity contribution in [3.8, 4) is 0 Å². The first-order valence-electron chi connectivity index (χ1n) is 5.93. The zero-order valence-corrected chi connectivity index (χ0v) is 12.0. The molecule has 0 aliphatic rings. The number of aromatic nitrogens is 2. The minimum absolute atomic E-state index is 0.249. The zero-order valence-electron chi connectivity index (χ0n) is 11.2. The van der Waals surface area contributed by atoms with Gasteiger partial charge in [-0.25, -0.2) is 8.42 Å². The summed E-state index contributed by atoms with van der Waals surface area (Å²) < 4.78 is 62.1. The largest absolute Gasteiger partial charge is 0.402 e. The fourth-order valence-electron chi connectivity index (χ4n) is 1.49. The maximum absolute atomic E-state index is 12.2. The van der Waals surface area contributed by atoms with Gasteiger partial charge in [0.1, 0.15) is 11.4 Å². The quantitative estimate of drug-likeness (QED) is 0.752. The molecule has 0 fully saturated rings. The molecular formula is C10H17F3N4O2S. The summed E-state index contributed by atoms with van der Waals surface area (Å²) in [6.45, 7) is 2.19. The molecule has 0 unspecified atom stereocenters. The van der Waals surface area contributed by atoms with Gasteiger partial charge >= 0.3 is 6.18 Å². The summed E-state index contributed by atoms with van der Waals surface area (Å²) in [6, 6.07) is 0. The molecular weight excluding hydrogens is 297 g/mol. The third-order valence-corrected chi connectivity index (χ3v) is 4.24. The van der Waals surface area contributed by atoms with Gasteiger partial charge in [0.25, 0.3) is 0 Å². The number of hydrogen-bond donors (Lipinski definition) is 1. The lowest BCUT2D eigenvalue weighted by atomic mass is 10.6. The first-order valence-corrected chi connectivity index (χ1v) is 7.37. The predicted octanol–water partition coefficient (Wildman–Crippen LogP) is 0.675. The number of rotatable bonds is 7. The molecule has 1 aromatic heterocycles. The topological polar surface area (TPSA) is 67.2 Å². The molecule has 0 atom stereocenters. The molecule has 0 aliphatic heterocycles. The number of halogens is 3. The van der Waals surface area contributed by atoms with E-state index >= 15 is 0 Å². The second-order valence-electron chi connectivity index (χ2n) is 4.17. The molecule has 116 valence electrons. The van der Waals surface area contributed by atoms with Crippen molar-refractivity contribution >= 4 is 10.0 Å². The summed E-state index contributed by atoms with van der Waals surface area (Å²) in [5.41, 5.74) is 0. The van der Waals surface area contributed by atoms with E-state index in [2.05, 4.69) is 10.4 Å². The first-order chi connectivity index (χ1) is 9.16. The number of hydrogen-bond acceptors (Lipinski definition) is 4. The van der Waals surface area contributed by atoms with E-state index in [0.29, 0.717) is 13.1 Å². The van der Waals surface area contributed by atoms with Crippen LogP contribution in [0.3, 0.4) is 0 Å². The highest BCUT2D eigenvalue weighted by atomic mass is 32.2. The Labute approximate surface area is 115 Å². The SMILES string of the molecule is CCNCCn1cc(S(=O)(=O)N(C)CC(F)(F)F)cn1. The average Bonchev–Trinajstić information content (AvgIpc) is 2.76. The van der Waals surface area contributed by atoms with E-state index in [1.807, 2.05) is 6.92 Å². The molecule has 1 rings (SSSR count). The number of alkyl halides is 3. The highest BCUT2D eigenvalue weighted by Crippen LogP contribution is 2.20. The van der Waals surface area contributed by atoms with Crippen molar-refractivity contribution < 1.29 is 21.6 Å². The van der Waals surface area contributed by atoms with Gasteiger partial charge in [-0.2, -0.15) is 22.6 Å². The molecule has 1 heterocycles. The van der Waals surface area contributed by atoms with Gasteiger partial charge in [0.05, 0.1) is 12.7 Å². The Bertz CT molecular complexity index is 527. The number of sulfonamides is 1. The van der Waals surface area contributed by atoms with Crippen LogP contribution in [0.1, 0.15) is 6.92 Å². The average molecular weight is 314 g/mol. The first kappa shape index (κ1) is 16.9. The molecule has 0 spiro atoms. The number of likely N-dealkylation sites (N-methyl/N-ethyl adjacent to an activating group) is 1. The molecule has 0 amide bonds. The van der Waals surface area contributed by atoms with E-state index in [-0.39, 0.29) is 9.20 Å². The Morgan fingerprint density at radius 1 is 1.45 bits per heavy atom. The number of nitrogens with zero attached hydrogens (tertiary/aromatic N) is 3. The van der Waals surface area contributed by atoms with Crippen molar-refractivity contribution in [1.29, 1.82) is 0 Å². The lowest BCUT2D eigenvalue weighted by Gasteiger charge is -2.17. The molecule has 0 saturated heterocycles. The highest BCUT2D eigenvalue weighted by molar-refractivity contribution is 7.89. The third kappa shape index (κ3) is 4.76. The summed E-state index contributed by atoms with van der Waals surface area (Å²) in [5.74, 6) is 0. The monoisotopic (exact) mass is 314 g/mol. The molecule has 10 heteroatoms. The van der Waals surface area contributed by atoms with Crippen LogP contribution in [0, 0.1) is 0 Å². The molecule has 0 radical (unpaired) electrons. The van der Waals surface area contributed by atoms with Crippen molar-refractivity contribution in [3.05, 3.63) is 12.4 Å². The van der Waals surface area contributed by atoms with Crippen molar-refractivity contribution in [1.82, 2.24) is 19.4 Å². The molecule has 0 aliphatic carbocycles. The smallest absolute Gasteiger partial charge is 0.315 e. The normalized spacial score (nSPS) is 13.1. The van der Waals surface area contributed by atoms with Gasteiger partial charge in [0, 0.05) is 19.8 Å². The molecule has 6 nitrogen and oxygen atoms in total. The Balaban J connectivity index is 2.77. The van der Waals surface area contributed by atoms with Crippen LogP contribution in [-0.4, -0.2) is 55.4 Å². The minimum atomic E-state index is -4.58. The van der Waals surface area contributed by atoms with Gasteiger partial charge in [-0.15, -0.1) is 0 Å². The summed E-state index contributed by atoms with van der Waals surface area (Å²) in [6.07, 6.45) is -2.31. The van der Waals surface area contributed by atoms with Gasteiger partial charge in [0.2, 0.25) is 10.0 Å². The van der Waals surface area contributed by atoms with E-state index in [4.69, 9.17) is 0 Å². The van der Waals surface area contributed by atoms with Crippen molar-refractivity contribution in [3.63, 3.8) is 0 Å². The standard InChI is InChI=1S/C10H17F3N4O2S/c1-3-14-4-5-17-7-9(6-15-17)20(18,19)16(2)8-10(11,12)13/h6-7,14H,3-5,8H2,1-2H3. The summed E-state index contributed by atoms with van der Waals surface area (Å²) in [5, 5.41) is 6.85. The molecule has 1 N–H and O–H groups in total. The van der Waals surface area contributed by atoms with Gasteiger partial charge in [-0.05, 0) is 6.54 Å². The molecule has 1 aromatic rings. The van der Waals surface area contributed by atoms with Gasteiger partial charge in [-0.3, -0.25) is 4.68 Å². The van der Waals surface area contributed by atoms with Crippen LogP contribution in [0.2, 0.25) is 0 Å². The predicted molar refractivity (Wildman–Crippen MR) is 66.6 cm³/mol. The van der Waals surface area contributed by atoms with Crippen LogP contribution < -0.4 is 5.32 Å². The Morgan fingerprint density at radius 3 is 2.65 bits per heavy atom. The Hall–Kier alpha value is -1.13. The lowest BCUT2D eigenvalue weighted by molar-refractivity contribution is -0.134. The summed E-state index contributed by atoms with van der Waals surface area (Å²) in [4.78, 5) is -0.249. The third-order valence-electron chi connectivity index (χ3n) is 2.49. The second kappa shape index (κ2) is 6.55. The Morgan fingerprint density at radius 2 is 2.10 bits per heavy atom. The van der Waals surface area contributed by atoms with Crippen LogP contribution >= 0.6 is 0 Å². The minimum Gasteiger partial charge on any atom is -0.315 e. The maximum Gasteiger partial charge on any atom is 0.402 e. The van der Waals surface area contributed by atoms with E-state index < -0.39 is 22.7 Å². The van der Waals surface area contributed by atoms with Crippen molar-refractivity contribution in [2.45, 2.75) is 24.5 Å². The van der Waals surface area contributed by atoms with Crippen LogP contribution in [0.4, 0.5) is 13.2 Å². The maximum atomic E-state index is 12.2. The summed E-state index contributed by atoms with van der Waals surface area (Å²) >= 11 is 0. The van der Waals surface area contributed by atoms with E-state index in [1.165, 1.54) is 10.9 Å². The summed E-state index contributed by atoms with van der Waals surface area (Å²) in [7, 11) is -3.28.